The topological polar surface area (TPSA) is 52.5 Å². The van der Waals surface area contributed by atoms with Crippen molar-refractivity contribution in [1.29, 1.82) is 0 Å². The zero-order valence-corrected chi connectivity index (χ0v) is 12.7. The molecule has 22 heavy (non-hydrogen) atoms. The summed E-state index contributed by atoms with van der Waals surface area (Å²) in [5, 5.41) is 23.4. The average molecular weight is 293 g/mol. The second kappa shape index (κ2) is 5.70. The Hall–Kier alpha value is -2.52. The molecule has 0 amide bonds. The molecule has 0 saturated carbocycles. The number of anilines is 1. The van der Waals surface area contributed by atoms with E-state index in [0.29, 0.717) is 11.3 Å². The summed E-state index contributed by atoms with van der Waals surface area (Å²) in [4.78, 5) is 0. The first kappa shape index (κ1) is 14.4. The number of aliphatic hydroxyl groups is 2. The third-order valence-electron chi connectivity index (χ3n) is 3.83. The molecule has 112 valence electrons. The molecule has 2 aromatic rings. The Morgan fingerprint density at radius 3 is 2.00 bits per heavy atom. The summed E-state index contributed by atoms with van der Waals surface area (Å²) < 4.78 is 0. The van der Waals surface area contributed by atoms with E-state index in [1.807, 2.05) is 62.4 Å². The molecule has 1 aliphatic rings. The van der Waals surface area contributed by atoms with Crippen LogP contribution in [0, 0.1) is 13.8 Å². The molecule has 0 radical (unpaired) electrons. The molecule has 3 nitrogen and oxygen atoms in total. The predicted molar refractivity (Wildman–Crippen MR) is 89.6 cm³/mol. The first-order chi connectivity index (χ1) is 10.5. The maximum atomic E-state index is 10.2. The highest BCUT2D eigenvalue weighted by atomic mass is 16.3. The molecule has 0 heterocycles. The first-order valence-electron chi connectivity index (χ1n) is 7.28. The second-order valence-electron chi connectivity index (χ2n) is 5.67. The van der Waals surface area contributed by atoms with E-state index in [2.05, 4.69) is 5.32 Å². The van der Waals surface area contributed by atoms with Crippen LogP contribution in [0.1, 0.15) is 16.7 Å². The van der Waals surface area contributed by atoms with Crippen molar-refractivity contribution in [1.82, 2.24) is 0 Å². The fourth-order valence-corrected chi connectivity index (χ4v) is 2.40. The van der Waals surface area contributed by atoms with E-state index in [9.17, 15) is 10.2 Å². The van der Waals surface area contributed by atoms with Gasteiger partial charge in [0.1, 0.15) is 11.9 Å². The van der Waals surface area contributed by atoms with Gasteiger partial charge in [-0.2, -0.15) is 0 Å². The van der Waals surface area contributed by atoms with Crippen molar-refractivity contribution in [2.45, 2.75) is 20.0 Å². The summed E-state index contributed by atoms with van der Waals surface area (Å²) in [6.07, 6.45) is 1.02. The van der Waals surface area contributed by atoms with Crippen LogP contribution in [0.25, 0.3) is 6.08 Å². The Labute approximate surface area is 130 Å². The number of hydrogen-bond acceptors (Lipinski definition) is 3. The number of benzene rings is 2. The zero-order valence-electron chi connectivity index (χ0n) is 12.7. The Kier molecular flexibility index (Phi) is 3.73. The number of aliphatic hydroxyl groups excluding tert-OH is 2. The van der Waals surface area contributed by atoms with Crippen LogP contribution in [0.15, 0.2) is 65.6 Å². The quantitative estimate of drug-likeness (QED) is 0.803. The predicted octanol–water partition coefficient (Wildman–Crippen LogP) is 3.94. The van der Waals surface area contributed by atoms with Gasteiger partial charge in [0.15, 0.2) is 0 Å². The summed E-state index contributed by atoms with van der Waals surface area (Å²) >= 11 is 0. The highest BCUT2D eigenvalue weighted by Crippen LogP contribution is 2.34. The van der Waals surface area contributed by atoms with Crippen LogP contribution >= 0.6 is 0 Å². The summed E-state index contributed by atoms with van der Waals surface area (Å²) in [6, 6.07) is 15.7. The Morgan fingerprint density at radius 1 is 0.909 bits per heavy atom. The molecule has 1 unspecified atom stereocenters. The minimum absolute atomic E-state index is 0.119. The SMILES string of the molecule is Cc1ccc(/C=C2/C(O)=C(Nc3ccc(C)cc3)C2O)cc1. The van der Waals surface area contributed by atoms with Gasteiger partial charge in [-0.1, -0.05) is 47.5 Å². The number of nitrogens with one attached hydrogen (secondary N) is 1. The molecule has 0 saturated heterocycles. The fourth-order valence-electron chi connectivity index (χ4n) is 2.40. The van der Waals surface area contributed by atoms with Gasteiger partial charge in [0.2, 0.25) is 0 Å². The second-order valence-corrected chi connectivity index (χ2v) is 5.67. The smallest absolute Gasteiger partial charge is 0.144 e. The van der Waals surface area contributed by atoms with Crippen molar-refractivity contribution in [2.75, 3.05) is 5.32 Å². The van der Waals surface area contributed by atoms with Crippen LogP contribution in [-0.4, -0.2) is 16.3 Å². The van der Waals surface area contributed by atoms with E-state index in [0.717, 1.165) is 16.8 Å². The van der Waals surface area contributed by atoms with Crippen molar-refractivity contribution < 1.29 is 10.2 Å². The van der Waals surface area contributed by atoms with E-state index < -0.39 is 6.10 Å². The molecular formula is C19H19NO2. The summed E-state index contributed by atoms with van der Waals surface area (Å²) in [6.45, 7) is 4.04. The van der Waals surface area contributed by atoms with Crippen LogP contribution < -0.4 is 5.32 Å². The first-order valence-corrected chi connectivity index (χ1v) is 7.28. The van der Waals surface area contributed by atoms with Crippen LogP contribution in [0.2, 0.25) is 0 Å². The molecular weight excluding hydrogens is 274 g/mol. The van der Waals surface area contributed by atoms with E-state index >= 15 is 0 Å². The lowest BCUT2D eigenvalue weighted by Crippen LogP contribution is -2.32. The van der Waals surface area contributed by atoms with Gasteiger partial charge in [-0.05, 0) is 37.6 Å². The lowest BCUT2D eigenvalue weighted by atomic mass is 9.89. The van der Waals surface area contributed by atoms with Gasteiger partial charge in [-0.15, -0.1) is 0 Å². The van der Waals surface area contributed by atoms with Crippen LogP contribution in [0.4, 0.5) is 5.69 Å². The average Bonchev–Trinajstić information content (AvgIpc) is 2.53. The fraction of sp³-hybridized carbons (Fsp3) is 0.158. The van der Waals surface area contributed by atoms with Crippen LogP contribution in [0.5, 0.6) is 0 Å². The van der Waals surface area contributed by atoms with Gasteiger partial charge in [-0.3, -0.25) is 0 Å². The van der Waals surface area contributed by atoms with Gasteiger partial charge >= 0.3 is 0 Å². The summed E-state index contributed by atoms with van der Waals surface area (Å²) in [5.74, 6) is 0.119. The Morgan fingerprint density at radius 2 is 1.45 bits per heavy atom. The molecule has 3 heteroatoms. The summed E-state index contributed by atoms with van der Waals surface area (Å²) in [5.41, 5.74) is 5.14. The molecule has 1 atom stereocenters. The lowest BCUT2D eigenvalue weighted by molar-refractivity contribution is 0.204. The third kappa shape index (κ3) is 2.76. The monoisotopic (exact) mass is 293 g/mol. The Bertz CT molecular complexity index is 740. The van der Waals surface area contributed by atoms with Crippen LogP contribution in [-0.2, 0) is 0 Å². The molecule has 3 N–H and O–H groups in total. The maximum absolute atomic E-state index is 10.2. The van der Waals surface area contributed by atoms with Crippen molar-refractivity contribution in [3.63, 3.8) is 0 Å². The van der Waals surface area contributed by atoms with Gasteiger partial charge in [0, 0.05) is 11.3 Å². The van der Waals surface area contributed by atoms with Gasteiger partial charge in [-0.25, -0.2) is 0 Å². The number of rotatable bonds is 3. The largest absolute Gasteiger partial charge is 0.506 e. The van der Waals surface area contributed by atoms with Gasteiger partial charge in [0.05, 0.1) is 5.70 Å². The minimum Gasteiger partial charge on any atom is -0.506 e. The minimum atomic E-state index is -0.789. The normalized spacial score (nSPS) is 19.2. The van der Waals surface area contributed by atoms with E-state index in [4.69, 9.17) is 0 Å². The van der Waals surface area contributed by atoms with Crippen molar-refractivity contribution in [3.05, 3.63) is 82.3 Å². The highest BCUT2D eigenvalue weighted by Gasteiger charge is 2.34. The maximum Gasteiger partial charge on any atom is 0.144 e. The molecule has 0 bridgehead atoms. The van der Waals surface area contributed by atoms with Gasteiger partial charge < -0.3 is 15.5 Å². The van der Waals surface area contributed by atoms with E-state index in [-0.39, 0.29) is 5.76 Å². The van der Waals surface area contributed by atoms with Crippen molar-refractivity contribution >= 4 is 11.8 Å². The molecule has 2 aromatic carbocycles. The molecule has 0 fully saturated rings. The molecule has 0 spiro atoms. The van der Waals surface area contributed by atoms with Crippen molar-refractivity contribution in [2.24, 2.45) is 0 Å². The molecule has 3 rings (SSSR count). The van der Waals surface area contributed by atoms with E-state index in [1.165, 1.54) is 5.56 Å². The zero-order chi connectivity index (χ0) is 15.7. The molecule has 0 aromatic heterocycles. The molecule has 1 aliphatic carbocycles. The van der Waals surface area contributed by atoms with Crippen LogP contribution in [0.3, 0.4) is 0 Å². The summed E-state index contributed by atoms with van der Waals surface area (Å²) in [7, 11) is 0. The van der Waals surface area contributed by atoms with Crippen molar-refractivity contribution in [3.8, 4) is 0 Å². The lowest BCUT2D eigenvalue weighted by Gasteiger charge is -2.30. The molecule has 0 aliphatic heterocycles. The van der Waals surface area contributed by atoms with E-state index in [1.54, 1.807) is 6.08 Å². The Balaban J connectivity index is 1.81. The number of aryl methyl sites for hydroxylation is 2. The standard InChI is InChI=1S/C19H19NO2/c1-12-3-7-14(8-4-12)11-16-18(21)17(19(16)22)20-15-9-5-13(2)6-10-15/h3-11,18,20-22H,1-2H3/b16-11+. The van der Waals surface area contributed by atoms with Gasteiger partial charge in [0.25, 0.3) is 0 Å². The third-order valence-corrected chi connectivity index (χ3v) is 3.83. The highest BCUT2D eigenvalue weighted by molar-refractivity contribution is 5.69. The number of hydrogen-bond donors (Lipinski definition) is 3.